The van der Waals surface area contributed by atoms with Gasteiger partial charge in [-0.3, -0.25) is 14.4 Å². The van der Waals surface area contributed by atoms with E-state index in [4.69, 9.17) is 0 Å². The molecule has 1 aliphatic heterocycles. The first-order valence-corrected chi connectivity index (χ1v) is 13.5. The first kappa shape index (κ1) is 29.5. The smallest absolute Gasteiger partial charge is 0.361 e. The highest BCUT2D eigenvalue weighted by Crippen LogP contribution is 2.36. The van der Waals surface area contributed by atoms with Gasteiger partial charge in [0.2, 0.25) is 11.8 Å². The van der Waals surface area contributed by atoms with Crippen LogP contribution in [0.5, 0.6) is 0 Å². The third kappa shape index (κ3) is 6.24. The Morgan fingerprint density at radius 2 is 1.62 bits per heavy atom. The third-order valence-electron chi connectivity index (χ3n) is 7.70. The topological polar surface area (TPSA) is 85.5 Å². The second kappa shape index (κ2) is 11.0. The molecule has 2 N–H and O–H groups in total. The summed E-state index contributed by atoms with van der Waals surface area (Å²) in [6.45, 7) is 2.41. The van der Waals surface area contributed by atoms with E-state index in [0.29, 0.717) is 17.7 Å². The number of rotatable bonds is 6. The number of aromatic nitrogens is 1. The fourth-order valence-electron chi connectivity index (χ4n) is 5.32. The molecule has 3 amide bonds. The van der Waals surface area contributed by atoms with Crippen LogP contribution in [0.3, 0.4) is 0 Å². The molecular weight excluding hydrogens is 566 g/mol. The second-order valence-corrected chi connectivity index (χ2v) is 10.8. The van der Waals surface area contributed by atoms with Crippen LogP contribution in [0, 0.1) is 5.92 Å². The van der Waals surface area contributed by atoms with Crippen LogP contribution in [0.2, 0.25) is 0 Å². The second-order valence-electron chi connectivity index (χ2n) is 10.8. The van der Waals surface area contributed by atoms with Crippen LogP contribution in [-0.4, -0.2) is 64.2 Å². The number of benzene rings is 2. The lowest BCUT2D eigenvalue weighted by Crippen LogP contribution is -2.59. The Kier molecular flexibility index (Phi) is 7.71. The average Bonchev–Trinajstić information content (AvgIpc) is 3.71. The summed E-state index contributed by atoms with van der Waals surface area (Å²) in [6, 6.07) is 6.15. The molecule has 13 heteroatoms. The molecule has 3 aromatic rings. The van der Waals surface area contributed by atoms with Gasteiger partial charge in [-0.1, -0.05) is 18.2 Å². The summed E-state index contributed by atoms with van der Waals surface area (Å²) in [5.74, 6) is -1.77. The van der Waals surface area contributed by atoms with Crippen molar-refractivity contribution in [3.05, 3.63) is 70.9 Å². The van der Waals surface area contributed by atoms with Gasteiger partial charge in [-0.05, 0) is 49.6 Å². The molecule has 1 saturated heterocycles. The predicted molar refractivity (Wildman–Crippen MR) is 140 cm³/mol. The lowest BCUT2D eigenvalue weighted by atomic mass is 10.0. The number of H-pyrrole nitrogens is 1. The van der Waals surface area contributed by atoms with Gasteiger partial charge in [-0.15, -0.1) is 0 Å². The fraction of sp³-hybridized carbons (Fsp3) is 0.414. The van der Waals surface area contributed by atoms with Crippen molar-refractivity contribution in [3.8, 4) is 0 Å². The molecule has 2 aromatic carbocycles. The van der Waals surface area contributed by atoms with Gasteiger partial charge in [0.05, 0.1) is 11.1 Å². The molecule has 1 aliphatic carbocycles. The van der Waals surface area contributed by atoms with Gasteiger partial charge in [0.1, 0.15) is 6.04 Å². The van der Waals surface area contributed by atoms with E-state index in [2.05, 4.69) is 10.3 Å². The maximum Gasteiger partial charge on any atom is 0.416 e. The largest absolute Gasteiger partial charge is 0.416 e. The van der Waals surface area contributed by atoms with Crippen molar-refractivity contribution in [1.82, 2.24) is 20.1 Å². The van der Waals surface area contributed by atoms with E-state index >= 15 is 0 Å². The number of amides is 3. The number of para-hydroxylation sites is 1. The van der Waals surface area contributed by atoms with E-state index in [1.165, 1.54) is 4.90 Å². The molecule has 2 atom stereocenters. The Labute approximate surface area is 236 Å². The Balaban J connectivity index is 1.43. The molecule has 2 unspecified atom stereocenters. The van der Waals surface area contributed by atoms with Gasteiger partial charge < -0.3 is 20.1 Å². The average molecular weight is 595 g/mol. The molecule has 0 spiro atoms. The van der Waals surface area contributed by atoms with Crippen LogP contribution in [0.15, 0.2) is 48.7 Å². The van der Waals surface area contributed by atoms with Crippen molar-refractivity contribution in [1.29, 1.82) is 0 Å². The van der Waals surface area contributed by atoms with Gasteiger partial charge in [0, 0.05) is 60.7 Å². The number of nitrogens with zero attached hydrogens (tertiary/aromatic N) is 2. The van der Waals surface area contributed by atoms with Crippen molar-refractivity contribution in [2.45, 2.75) is 50.6 Å². The molecule has 224 valence electrons. The lowest BCUT2D eigenvalue weighted by molar-refractivity contribution is -0.144. The highest BCUT2D eigenvalue weighted by Gasteiger charge is 2.40. The number of hydrogen-bond donors (Lipinski definition) is 2. The van der Waals surface area contributed by atoms with Crippen LogP contribution in [-0.2, 0) is 28.4 Å². The SMILES string of the molecule is CC1CN(C(=O)C(Cc2c[nH]c3ccccc23)NC(=O)c2cc(C(F)(F)F)cc(C(F)(F)F)c2)CCN1C(=O)C1CC1. The Morgan fingerprint density at radius 3 is 2.21 bits per heavy atom. The monoisotopic (exact) mass is 594 g/mol. The summed E-state index contributed by atoms with van der Waals surface area (Å²) in [4.78, 5) is 45.8. The summed E-state index contributed by atoms with van der Waals surface area (Å²) in [5, 5.41) is 3.15. The van der Waals surface area contributed by atoms with E-state index in [-0.39, 0.29) is 50.0 Å². The number of carbonyl (C=O) groups excluding carboxylic acids is 3. The predicted octanol–water partition coefficient (Wildman–Crippen LogP) is 5.02. The van der Waals surface area contributed by atoms with E-state index in [0.717, 1.165) is 23.7 Å². The normalized spacial score (nSPS) is 18.7. The number of piperazine rings is 1. The molecule has 2 fully saturated rings. The molecule has 0 bridgehead atoms. The zero-order valence-corrected chi connectivity index (χ0v) is 22.5. The van der Waals surface area contributed by atoms with E-state index in [1.54, 1.807) is 42.3 Å². The molecule has 1 aromatic heterocycles. The summed E-state index contributed by atoms with van der Waals surface area (Å²) >= 11 is 0. The highest BCUT2D eigenvalue weighted by atomic mass is 19.4. The van der Waals surface area contributed by atoms with Gasteiger partial charge in [0.25, 0.3) is 5.91 Å². The first-order valence-electron chi connectivity index (χ1n) is 13.5. The maximum atomic E-state index is 13.8. The summed E-state index contributed by atoms with van der Waals surface area (Å²) < 4.78 is 80.5. The highest BCUT2D eigenvalue weighted by molar-refractivity contribution is 5.98. The van der Waals surface area contributed by atoms with E-state index < -0.39 is 46.9 Å². The van der Waals surface area contributed by atoms with Crippen molar-refractivity contribution in [2.24, 2.45) is 5.92 Å². The Bertz CT molecular complexity index is 1480. The number of halogens is 6. The molecule has 0 radical (unpaired) electrons. The molecule has 2 aliphatic rings. The molecule has 2 heterocycles. The number of hydrogen-bond acceptors (Lipinski definition) is 3. The van der Waals surface area contributed by atoms with Crippen LogP contribution >= 0.6 is 0 Å². The molecule has 42 heavy (non-hydrogen) atoms. The standard InChI is InChI=1S/C29H28F6N4O3/c1-16-15-38(8-9-39(16)26(41)17-6-7-17)27(42)24(12-19-14-36-23-5-3-2-4-22(19)23)37-25(40)18-10-20(28(30,31)32)13-21(11-18)29(33,34)35/h2-5,10-11,13-14,16-17,24,36H,6-9,12,15H2,1H3,(H,37,40). The third-order valence-corrected chi connectivity index (χ3v) is 7.70. The van der Waals surface area contributed by atoms with E-state index in [9.17, 15) is 40.7 Å². The minimum atomic E-state index is -5.14. The molecule has 7 nitrogen and oxygen atoms in total. The number of fused-ring (bicyclic) bond motifs is 1. The van der Waals surface area contributed by atoms with Crippen LogP contribution in [0.1, 0.15) is 46.8 Å². The van der Waals surface area contributed by atoms with Gasteiger partial charge in [-0.2, -0.15) is 26.3 Å². The van der Waals surface area contributed by atoms with Crippen LogP contribution in [0.4, 0.5) is 26.3 Å². The molecule has 5 rings (SSSR count). The first-order chi connectivity index (χ1) is 19.7. The fourth-order valence-corrected chi connectivity index (χ4v) is 5.32. The van der Waals surface area contributed by atoms with Crippen LogP contribution < -0.4 is 5.32 Å². The van der Waals surface area contributed by atoms with Crippen molar-refractivity contribution in [2.75, 3.05) is 19.6 Å². The summed E-state index contributed by atoms with van der Waals surface area (Å²) in [5.41, 5.74) is -2.76. The van der Waals surface area contributed by atoms with Gasteiger partial charge in [-0.25, -0.2) is 0 Å². The Morgan fingerprint density at radius 1 is 0.976 bits per heavy atom. The van der Waals surface area contributed by atoms with Crippen molar-refractivity contribution < 1.29 is 40.7 Å². The summed E-state index contributed by atoms with van der Waals surface area (Å²) in [7, 11) is 0. The Hall–Kier alpha value is -4.03. The minimum Gasteiger partial charge on any atom is -0.361 e. The zero-order valence-electron chi connectivity index (χ0n) is 22.5. The molecule has 1 saturated carbocycles. The quantitative estimate of drug-likeness (QED) is 0.394. The van der Waals surface area contributed by atoms with Crippen molar-refractivity contribution in [3.63, 3.8) is 0 Å². The van der Waals surface area contributed by atoms with Gasteiger partial charge >= 0.3 is 12.4 Å². The minimum absolute atomic E-state index is 0.00217. The number of aromatic amines is 1. The van der Waals surface area contributed by atoms with Gasteiger partial charge in [0.15, 0.2) is 0 Å². The number of nitrogens with one attached hydrogen (secondary N) is 2. The number of alkyl halides is 6. The number of carbonyl (C=O) groups is 3. The van der Waals surface area contributed by atoms with Crippen molar-refractivity contribution >= 4 is 28.6 Å². The summed E-state index contributed by atoms with van der Waals surface area (Å²) in [6.07, 6.45) is -7.05. The van der Waals surface area contributed by atoms with E-state index in [1.807, 2.05) is 0 Å². The van der Waals surface area contributed by atoms with Crippen LogP contribution in [0.25, 0.3) is 10.9 Å². The lowest BCUT2D eigenvalue weighted by Gasteiger charge is -2.41. The maximum absolute atomic E-state index is 13.8. The molecular formula is C29H28F6N4O3. The zero-order chi connectivity index (χ0) is 30.4.